The van der Waals surface area contributed by atoms with E-state index in [1.165, 1.54) is 4.90 Å². The van der Waals surface area contributed by atoms with Crippen LogP contribution in [-0.4, -0.2) is 52.0 Å². The number of amides is 1. The van der Waals surface area contributed by atoms with E-state index < -0.39 is 29.7 Å². The Morgan fingerprint density at radius 3 is 2.41 bits per heavy atom. The van der Waals surface area contributed by atoms with E-state index in [0.717, 1.165) is 0 Å². The zero-order valence-electron chi connectivity index (χ0n) is 10.3. The first kappa shape index (κ1) is 13.8. The first-order chi connectivity index (χ1) is 7.69. The predicted molar refractivity (Wildman–Crippen MR) is 59.6 cm³/mol. The van der Waals surface area contributed by atoms with Crippen LogP contribution in [0.3, 0.4) is 0 Å². The monoisotopic (exact) mass is 245 g/mol. The van der Waals surface area contributed by atoms with E-state index in [1.54, 1.807) is 20.8 Å². The molecule has 2 atom stereocenters. The van der Waals surface area contributed by atoms with Crippen LogP contribution >= 0.6 is 0 Å². The minimum Gasteiger partial charge on any atom is -0.481 e. The SMILES string of the molecule is CC(C)(C)OC(=O)N1CC(O)C(CC(=O)O)C1. The fourth-order valence-electron chi connectivity index (χ4n) is 1.75. The lowest BCUT2D eigenvalue weighted by Gasteiger charge is -2.24. The summed E-state index contributed by atoms with van der Waals surface area (Å²) < 4.78 is 5.15. The van der Waals surface area contributed by atoms with Gasteiger partial charge in [-0.05, 0) is 20.8 Å². The van der Waals surface area contributed by atoms with Crippen LogP contribution in [0.15, 0.2) is 0 Å². The molecule has 1 amide bonds. The highest BCUT2D eigenvalue weighted by Crippen LogP contribution is 2.22. The molecule has 1 saturated heterocycles. The third kappa shape index (κ3) is 4.22. The van der Waals surface area contributed by atoms with Gasteiger partial charge in [-0.25, -0.2) is 4.79 Å². The molecule has 1 fully saturated rings. The number of likely N-dealkylation sites (tertiary alicyclic amines) is 1. The molecule has 0 aromatic heterocycles. The average molecular weight is 245 g/mol. The number of ether oxygens (including phenoxy) is 1. The largest absolute Gasteiger partial charge is 0.481 e. The number of hydrogen-bond donors (Lipinski definition) is 2. The van der Waals surface area contributed by atoms with Crippen molar-refractivity contribution in [3.63, 3.8) is 0 Å². The summed E-state index contributed by atoms with van der Waals surface area (Å²) in [4.78, 5) is 23.6. The van der Waals surface area contributed by atoms with Crippen LogP contribution in [0, 0.1) is 5.92 Å². The van der Waals surface area contributed by atoms with Crippen molar-refractivity contribution in [2.75, 3.05) is 13.1 Å². The Labute approximate surface area is 100 Å². The minimum atomic E-state index is -0.972. The third-order valence-corrected chi connectivity index (χ3v) is 2.49. The van der Waals surface area contributed by atoms with Crippen LogP contribution < -0.4 is 0 Å². The van der Waals surface area contributed by atoms with E-state index in [9.17, 15) is 14.7 Å². The summed E-state index contributed by atoms with van der Waals surface area (Å²) in [5.74, 6) is -1.39. The fraction of sp³-hybridized carbons (Fsp3) is 0.818. The molecule has 1 aliphatic heterocycles. The molecular formula is C11H19NO5. The first-order valence-corrected chi connectivity index (χ1v) is 5.57. The van der Waals surface area contributed by atoms with Crippen molar-refractivity contribution in [2.45, 2.75) is 38.9 Å². The Bertz CT molecular complexity index is 309. The van der Waals surface area contributed by atoms with Gasteiger partial charge in [0.05, 0.1) is 19.1 Å². The maximum absolute atomic E-state index is 11.7. The second-order valence-corrected chi connectivity index (χ2v) is 5.31. The highest BCUT2D eigenvalue weighted by molar-refractivity contribution is 5.70. The van der Waals surface area contributed by atoms with Gasteiger partial charge in [0, 0.05) is 12.5 Å². The third-order valence-electron chi connectivity index (χ3n) is 2.49. The number of β-amino-alcohol motifs (C(OH)–C–C–N with tert-alkyl or cyclic N) is 1. The minimum absolute atomic E-state index is 0.132. The van der Waals surface area contributed by atoms with Crippen LogP contribution in [0.4, 0.5) is 4.79 Å². The van der Waals surface area contributed by atoms with Gasteiger partial charge < -0.3 is 19.8 Å². The molecule has 1 aliphatic rings. The lowest BCUT2D eigenvalue weighted by molar-refractivity contribution is -0.138. The summed E-state index contributed by atoms with van der Waals surface area (Å²) >= 11 is 0. The highest BCUT2D eigenvalue weighted by Gasteiger charge is 2.37. The molecule has 98 valence electrons. The van der Waals surface area contributed by atoms with Gasteiger partial charge in [0.2, 0.25) is 0 Å². The van der Waals surface area contributed by atoms with E-state index in [2.05, 4.69) is 0 Å². The Morgan fingerprint density at radius 2 is 1.94 bits per heavy atom. The fourth-order valence-corrected chi connectivity index (χ4v) is 1.75. The van der Waals surface area contributed by atoms with Crippen LogP contribution in [0.1, 0.15) is 27.2 Å². The molecule has 0 aliphatic carbocycles. The zero-order chi connectivity index (χ0) is 13.2. The second-order valence-electron chi connectivity index (χ2n) is 5.31. The van der Waals surface area contributed by atoms with Gasteiger partial charge in [-0.15, -0.1) is 0 Å². The molecule has 17 heavy (non-hydrogen) atoms. The predicted octanol–water partition coefficient (Wildman–Crippen LogP) is 0.689. The highest BCUT2D eigenvalue weighted by atomic mass is 16.6. The topological polar surface area (TPSA) is 87.1 Å². The van der Waals surface area contributed by atoms with E-state index in [-0.39, 0.29) is 19.5 Å². The molecular weight excluding hydrogens is 226 g/mol. The molecule has 2 N–H and O–H groups in total. The van der Waals surface area contributed by atoms with Gasteiger partial charge in [-0.1, -0.05) is 0 Å². The van der Waals surface area contributed by atoms with Crippen molar-refractivity contribution in [2.24, 2.45) is 5.92 Å². The molecule has 0 saturated carbocycles. The van der Waals surface area contributed by atoms with Crippen molar-refractivity contribution in [1.29, 1.82) is 0 Å². The Hall–Kier alpha value is -1.30. The van der Waals surface area contributed by atoms with Crippen LogP contribution in [0.5, 0.6) is 0 Å². The quantitative estimate of drug-likeness (QED) is 0.747. The van der Waals surface area contributed by atoms with Crippen LogP contribution in [0.25, 0.3) is 0 Å². The summed E-state index contributed by atoms with van der Waals surface area (Å²) in [6.07, 6.45) is -1.44. The van der Waals surface area contributed by atoms with Gasteiger partial charge in [0.15, 0.2) is 0 Å². The van der Waals surface area contributed by atoms with Gasteiger partial charge in [-0.2, -0.15) is 0 Å². The van der Waals surface area contributed by atoms with E-state index in [4.69, 9.17) is 9.84 Å². The number of hydrogen-bond acceptors (Lipinski definition) is 4. The number of aliphatic carboxylic acids is 1. The molecule has 0 aromatic rings. The van der Waals surface area contributed by atoms with Crippen molar-refractivity contribution in [3.05, 3.63) is 0 Å². The molecule has 0 bridgehead atoms. The number of nitrogens with zero attached hydrogens (tertiary/aromatic N) is 1. The Morgan fingerprint density at radius 1 is 1.35 bits per heavy atom. The molecule has 0 aromatic carbocycles. The molecule has 0 spiro atoms. The van der Waals surface area contributed by atoms with E-state index in [1.807, 2.05) is 0 Å². The first-order valence-electron chi connectivity index (χ1n) is 5.57. The van der Waals surface area contributed by atoms with Gasteiger partial charge in [0.25, 0.3) is 0 Å². The number of rotatable bonds is 2. The van der Waals surface area contributed by atoms with Crippen molar-refractivity contribution < 1.29 is 24.5 Å². The molecule has 2 unspecified atom stereocenters. The van der Waals surface area contributed by atoms with E-state index >= 15 is 0 Å². The molecule has 1 heterocycles. The van der Waals surface area contributed by atoms with Crippen molar-refractivity contribution >= 4 is 12.1 Å². The second kappa shape index (κ2) is 4.91. The zero-order valence-corrected chi connectivity index (χ0v) is 10.3. The molecule has 1 rings (SSSR count). The van der Waals surface area contributed by atoms with Crippen LogP contribution in [0.2, 0.25) is 0 Å². The Kier molecular flexibility index (Phi) is 3.98. The number of aliphatic hydroxyl groups excluding tert-OH is 1. The van der Waals surface area contributed by atoms with Crippen molar-refractivity contribution in [3.8, 4) is 0 Å². The lowest BCUT2D eigenvalue weighted by atomic mass is 10.0. The van der Waals surface area contributed by atoms with Gasteiger partial charge in [-0.3, -0.25) is 4.79 Å². The smallest absolute Gasteiger partial charge is 0.410 e. The summed E-state index contributed by atoms with van der Waals surface area (Å²) in [6.45, 7) is 5.62. The maximum Gasteiger partial charge on any atom is 0.410 e. The summed E-state index contributed by atoms with van der Waals surface area (Å²) in [5, 5.41) is 18.3. The summed E-state index contributed by atoms with van der Waals surface area (Å²) in [7, 11) is 0. The molecule has 0 radical (unpaired) electrons. The Balaban J connectivity index is 2.53. The molecule has 6 heteroatoms. The summed E-state index contributed by atoms with van der Waals surface area (Å²) in [6, 6.07) is 0. The number of aliphatic hydroxyl groups is 1. The maximum atomic E-state index is 11.7. The van der Waals surface area contributed by atoms with E-state index in [0.29, 0.717) is 0 Å². The van der Waals surface area contributed by atoms with Crippen LogP contribution in [-0.2, 0) is 9.53 Å². The lowest BCUT2D eigenvalue weighted by Crippen LogP contribution is -2.35. The number of carboxylic acid groups (broad SMARTS) is 1. The number of carbonyl (C=O) groups is 2. The normalized spacial score (nSPS) is 24.8. The summed E-state index contributed by atoms with van der Waals surface area (Å²) in [5.41, 5.74) is -0.590. The van der Waals surface area contributed by atoms with Gasteiger partial charge >= 0.3 is 12.1 Å². The standard InChI is InChI=1S/C11H19NO5/c1-11(2,3)17-10(16)12-5-7(4-9(14)15)8(13)6-12/h7-8,13H,4-6H2,1-3H3,(H,14,15). The number of carboxylic acids is 1. The van der Waals surface area contributed by atoms with Gasteiger partial charge in [0.1, 0.15) is 5.60 Å². The molecule has 6 nitrogen and oxygen atoms in total. The number of carbonyl (C=O) groups excluding carboxylic acids is 1. The average Bonchev–Trinajstić information content (AvgIpc) is 2.44. The van der Waals surface area contributed by atoms with Crippen molar-refractivity contribution in [1.82, 2.24) is 4.90 Å².